The van der Waals surface area contributed by atoms with Gasteiger partial charge in [-0.25, -0.2) is 0 Å². The molecule has 0 spiro atoms. The third kappa shape index (κ3) is 2.45. The van der Waals surface area contributed by atoms with E-state index in [0.717, 1.165) is 0 Å². The Hall–Kier alpha value is 1.16. The fraction of sp³-hybridized carbons (Fsp3) is 1.00. The molecule has 0 N–H and O–H groups in total. The first-order valence-electron chi connectivity index (χ1n) is 5.44. The Bertz CT molecular complexity index is 186. The number of hydrogen-bond donors (Lipinski definition) is 0. The second kappa shape index (κ2) is 3.87. The Kier molecular flexibility index (Phi) is 4.19. The molecule has 0 rings (SSSR count). The average Bonchev–Trinajstić information content (AvgIpc) is 1.81. The Morgan fingerprint density at radius 3 is 0.929 bits per heavy atom. The zero-order valence-corrected chi connectivity index (χ0v) is 16.1. The first kappa shape index (κ1) is 15.2. The maximum Gasteiger partial charge on any atom is 0.138 e. The second-order valence-corrected chi connectivity index (χ2v) is 51.0. The predicted molar refractivity (Wildman–Crippen MR) is 81.6 cm³/mol. The van der Waals surface area contributed by atoms with Crippen LogP contribution in [0, 0.1) is 0 Å². The number of rotatable bonds is 3. The molecule has 0 saturated carbocycles. The minimum Gasteiger partial charge on any atom is -0.171 e. The highest BCUT2D eigenvalue weighted by molar-refractivity contribution is 7.88. The summed E-state index contributed by atoms with van der Waals surface area (Å²) in [4.78, 5) is 0. The Morgan fingerprint density at radius 2 is 0.857 bits per heavy atom. The van der Waals surface area contributed by atoms with Crippen molar-refractivity contribution in [3.05, 3.63) is 0 Å². The standard InChI is InChI=1S/C9H27ClSi4/c1-11(2,3)13(6,7)14(8,9)12(4,5)10/h1-9H3. The van der Waals surface area contributed by atoms with Crippen molar-refractivity contribution in [1.29, 1.82) is 0 Å². The lowest BCUT2D eigenvalue weighted by molar-refractivity contribution is 1.74. The van der Waals surface area contributed by atoms with Crippen molar-refractivity contribution < 1.29 is 0 Å². The van der Waals surface area contributed by atoms with Crippen molar-refractivity contribution in [2.75, 3.05) is 0 Å². The van der Waals surface area contributed by atoms with E-state index in [1.165, 1.54) is 0 Å². The Balaban J connectivity index is 5.30. The molecular weight excluding hydrogens is 256 g/mol. The van der Waals surface area contributed by atoms with E-state index < -0.39 is 28.7 Å². The lowest BCUT2D eigenvalue weighted by Gasteiger charge is -2.51. The van der Waals surface area contributed by atoms with Crippen molar-refractivity contribution in [1.82, 2.24) is 0 Å². The number of halogens is 1. The maximum absolute atomic E-state index is 6.77. The van der Waals surface area contributed by atoms with Gasteiger partial charge < -0.3 is 0 Å². The van der Waals surface area contributed by atoms with Crippen LogP contribution in [0.15, 0.2) is 0 Å². The first-order valence-corrected chi connectivity index (χ1v) is 22.0. The number of hydrogen-bond acceptors (Lipinski definition) is 0. The summed E-state index contributed by atoms with van der Waals surface area (Å²) in [5.74, 6) is 0. The van der Waals surface area contributed by atoms with E-state index >= 15 is 0 Å². The summed E-state index contributed by atoms with van der Waals surface area (Å²) in [6, 6.07) is 0. The Morgan fingerprint density at radius 1 is 0.571 bits per heavy atom. The van der Waals surface area contributed by atoms with Crippen LogP contribution in [-0.4, -0.2) is 28.7 Å². The molecule has 14 heavy (non-hydrogen) atoms. The minimum absolute atomic E-state index is 0.979. The highest BCUT2D eigenvalue weighted by Crippen LogP contribution is 2.36. The quantitative estimate of drug-likeness (QED) is 0.531. The smallest absolute Gasteiger partial charge is 0.138 e. The molecule has 86 valence electrons. The van der Waals surface area contributed by atoms with Crippen molar-refractivity contribution in [2.24, 2.45) is 0 Å². The van der Waals surface area contributed by atoms with Gasteiger partial charge >= 0.3 is 0 Å². The monoisotopic (exact) mass is 282 g/mol. The lowest BCUT2D eigenvalue weighted by Crippen LogP contribution is -2.76. The lowest BCUT2D eigenvalue weighted by atomic mass is 11.8. The highest BCUT2D eigenvalue weighted by Gasteiger charge is 2.56. The van der Waals surface area contributed by atoms with Gasteiger partial charge in [0.15, 0.2) is 0 Å². The van der Waals surface area contributed by atoms with Crippen LogP contribution >= 0.6 is 11.1 Å². The summed E-state index contributed by atoms with van der Waals surface area (Å²) < 4.78 is 0. The van der Waals surface area contributed by atoms with Gasteiger partial charge in [-0.15, -0.1) is 0 Å². The van der Waals surface area contributed by atoms with E-state index in [-0.39, 0.29) is 0 Å². The van der Waals surface area contributed by atoms with Crippen LogP contribution in [0.2, 0.25) is 58.9 Å². The summed E-state index contributed by atoms with van der Waals surface area (Å²) in [5, 5.41) is 0. The predicted octanol–water partition coefficient (Wildman–Crippen LogP) is 4.42. The van der Waals surface area contributed by atoms with Gasteiger partial charge in [-0.05, 0) is 0 Å². The van der Waals surface area contributed by atoms with E-state index in [1.807, 2.05) is 0 Å². The van der Waals surface area contributed by atoms with Gasteiger partial charge in [0.2, 0.25) is 0 Å². The summed E-state index contributed by atoms with van der Waals surface area (Å²) in [7, 11) is -3.20. The van der Waals surface area contributed by atoms with E-state index in [2.05, 4.69) is 58.9 Å². The van der Waals surface area contributed by atoms with Crippen LogP contribution in [0.1, 0.15) is 0 Å². The largest absolute Gasteiger partial charge is 0.171 e. The normalized spacial score (nSPS) is 15.9. The summed E-state index contributed by atoms with van der Waals surface area (Å²) in [6.45, 7) is 21.3. The molecule has 0 bridgehead atoms. The molecule has 5 heteroatoms. The van der Waals surface area contributed by atoms with Crippen LogP contribution in [-0.2, 0) is 0 Å². The molecule has 0 aliphatic rings. The van der Waals surface area contributed by atoms with Crippen molar-refractivity contribution in [3.63, 3.8) is 0 Å². The van der Waals surface area contributed by atoms with Crippen LogP contribution < -0.4 is 0 Å². The van der Waals surface area contributed by atoms with Gasteiger partial charge in [-0.2, -0.15) is 11.1 Å². The zero-order valence-electron chi connectivity index (χ0n) is 11.4. The third-order valence-electron chi connectivity index (χ3n) is 4.92. The van der Waals surface area contributed by atoms with Crippen LogP contribution in [0.5, 0.6) is 0 Å². The fourth-order valence-electron chi connectivity index (χ4n) is 1.68. The molecule has 0 heterocycles. The molecule has 0 aromatic rings. The van der Waals surface area contributed by atoms with Gasteiger partial charge in [0.05, 0.1) is 7.11 Å². The average molecular weight is 283 g/mol. The molecule has 0 aromatic heterocycles. The topological polar surface area (TPSA) is 0 Å². The van der Waals surface area contributed by atoms with E-state index in [9.17, 15) is 0 Å². The molecule has 0 nitrogen and oxygen atoms in total. The van der Waals surface area contributed by atoms with Crippen molar-refractivity contribution in [3.8, 4) is 0 Å². The van der Waals surface area contributed by atoms with Crippen LogP contribution in [0.25, 0.3) is 0 Å². The third-order valence-corrected chi connectivity index (χ3v) is 75.9. The van der Waals surface area contributed by atoms with Crippen molar-refractivity contribution in [2.45, 2.75) is 58.9 Å². The summed E-state index contributed by atoms with van der Waals surface area (Å²) >= 11 is 6.77. The Labute approximate surface area is 98.6 Å². The summed E-state index contributed by atoms with van der Waals surface area (Å²) in [6.07, 6.45) is 0. The SMILES string of the molecule is C[Si](C)(C)[Si](C)(C)[Si](C)(C)[Si](C)(C)Cl. The molecule has 0 unspecified atom stereocenters. The van der Waals surface area contributed by atoms with Crippen LogP contribution in [0.4, 0.5) is 0 Å². The van der Waals surface area contributed by atoms with Crippen LogP contribution in [0.3, 0.4) is 0 Å². The van der Waals surface area contributed by atoms with Gasteiger partial charge in [0.1, 0.15) is 6.90 Å². The highest BCUT2D eigenvalue weighted by atomic mass is 35.6. The molecule has 0 saturated heterocycles. The van der Waals surface area contributed by atoms with E-state index in [4.69, 9.17) is 11.1 Å². The van der Waals surface area contributed by atoms with Gasteiger partial charge in [0, 0.05) is 14.7 Å². The van der Waals surface area contributed by atoms with E-state index in [1.54, 1.807) is 0 Å². The minimum atomic E-state index is -1.42. The molecule has 0 aromatic carbocycles. The second-order valence-electron chi connectivity index (χ2n) is 6.97. The van der Waals surface area contributed by atoms with Crippen molar-refractivity contribution >= 4 is 39.8 Å². The fourth-order valence-corrected chi connectivity index (χ4v) is 72.5. The molecule has 0 amide bonds. The first-order chi connectivity index (χ1) is 5.75. The molecule has 0 aliphatic carbocycles. The van der Waals surface area contributed by atoms with Gasteiger partial charge in [-0.1, -0.05) is 58.9 Å². The van der Waals surface area contributed by atoms with Gasteiger partial charge in [0.25, 0.3) is 0 Å². The van der Waals surface area contributed by atoms with Gasteiger partial charge in [-0.3, -0.25) is 0 Å². The zero-order chi connectivity index (χ0) is 12.0. The molecule has 0 aliphatic heterocycles. The maximum atomic E-state index is 6.77. The molecule has 0 fully saturated rings. The van der Waals surface area contributed by atoms with E-state index in [0.29, 0.717) is 0 Å². The molecule has 0 atom stereocenters. The molecule has 0 radical (unpaired) electrons. The molecular formula is C9H27ClSi4. The summed E-state index contributed by atoms with van der Waals surface area (Å²) in [5.41, 5.74) is 0.